The summed E-state index contributed by atoms with van der Waals surface area (Å²) < 4.78 is 0. The Labute approximate surface area is 328 Å². The van der Waals surface area contributed by atoms with Gasteiger partial charge in [0.1, 0.15) is 0 Å². The Balaban J connectivity index is 0.000000612. The molecule has 0 radical (unpaired) electrons. The molecule has 2 aliphatic heterocycles. The van der Waals surface area contributed by atoms with Crippen molar-refractivity contribution in [2.75, 3.05) is 6.61 Å². The van der Waals surface area contributed by atoms with Gasteiger partial charge in [0.05, 0.1) is 12.1 Å². The van der Waals surface area contributed by atoms with Crippen molar-refractivity contribution in [1.29, 1.82) is 0 Å². The van der Waals surface area contributed by atoms with Gasteiger partial charge in [-0.1, -0.05) is 95.5 Å². The van der Waals surface area contributed by atoms with Gasteiger partial charge in [0, 0.05) is 67.6 Å². The van der Waals surface area contributed by atoms with Gasteiger partial charge in [0.2, 0.25) is 11.4 Å². The van der Waals surface area contributed by atoms with Crippen molar-refractivity contribution in [3.05, 3.63) is 150 Å². The van der Waals surface area contributed by atoms with Gasteiger partial charge < -0.3 is 25.9 Å². The van der Waals surface area contributed by atoms with E-state index in [1.165, 1.54) is 41.9 Å². The van der Waals surface area contributed by atoms with Gasteiger partial charge in [-0.05, 0) is 100 Å². The minimum absolute atomic E-state index is 0. The summed E-state index contributed by atoms with van der Waals surface area (Å²) >= 11 is 0. The minimum atomic E-state index is -0.118. The van der Waals surface area contributed by atoms with Crippen LogP contribution in [0.15, 0.2) is 133 Å². The third-order valence-electron chi connectivity index (χ3n) is 8.50. The molecule has 7 nitrogen and oxygen atoms in total. The molecule has 7 heteroatoms. The molecular weight excluding hydrogens is 667 g/mol. The van der Waals surface area contributed by atoms with Crippen LogP contribution in [0.5, 0.6) is 0 Å². The summed E-state index contributed by atoms with van der Waals surface area (Å²) in [5, 5.41) is 18.1. The number of nitrogens with zero attached hydrogens (tertiary/aromatic N) is 2. The first-order valence-corrected chi connectivity index (χ1v) is 18.7. The first kappa shape index (κ1) is 49.1. The molecule has 294 valence electrons. The number of aliphatic hydroxyl groups is 1. The van der Waals surface area contributed by atoms with Crippen LogP contribution in [-0.4, -0.2) is 34.2 Å². The third-order valence-corrected chi connectivity index (χ3v) is 8.50. The molecule has 1 aromatic heterocycles. The van der Waals surface area contributed by atoms with Crippen LogP contribution < -0.4 is 16.0 Å². The molecule has 7 rings (SSSR count). The van der Waals surface area contributed by atoms with Gasteiger partial charge in [-0.25, -0.2) is 6.57 Å². The van der Waals surface area contributed by atoms with Crippen molar-refractivity contribution >= 4 is 16.8 Å². The zero-order valence-corrected chi connectivity index (χ0v) is 33.8. The highest BCUT2D eigenvalue weighted by Gasteiger charge is 2.44. The number of dihydropyridines is 2. The summed E-state index contributed by atoms with van der Waals surface area (Å²) in [6.45, 7) is 32.0. The summed E-state index contributed by atoms with van der Waals surface area (Å²) in [7, 11) is 0. The number of amides is 1. The maximum atomic E-state index is 10.2. The fourth-order valence-electron chi connectivity index (χ4n) is 4.32. The van der Waals surface area contributed by atoms with Crippen molar-refractivity contribution in [2.45, 2.75) is 113 Å². The smallest absolute Gasteiger partial charge is 0.230 e. The zero-order valence-electron chi connectivity index (χ0n) is 33.8. The molecule has 54 heavy (non-hydrogen) atoms. The number of aliphatic hydroxyl groups excluding tert-OH is 1. The molecule has 5 aliphatic rings. The van der Waals surface area contributed by atoms with Crippen LogP contribution in [0.3, 0.4) is 0 Å². The Morgan fingerprint density at radius 3 is 2.09 bits per heavy atom. The number of hydrogen-bond donors (Lipinski definition) is 4. The molecule has 0 spiro atoms. The molecule has 2 fully saturated rings. The van der Waals surface area contributed by atoms with Crippen molar-refractivity contribution in [3.8, 4) is 0 Å². The quantitative estimate of drug-likeness (QED) is 0.236. The Hall–Kier alpha value is -4.93. The molecule has 0 bridgehead atoms. The van der Waals surface area contributed by atoms with Gasteiger partial charge in [-0.3, -0.25) is 9.78 Å². The molecule has 0 saturated heterocycles. The van der Waals surface area contributed by atoms with Gasteiger partial charge >= 0.3 is 0 Å². The van der Waals surface area contributed by atoms with E-state index in [4.69, 9.17) is 11.7 Å². The van der Waals surface area contributed by atoms with Crippen LogP contribution >= 0.6 is 0 Å². The fourth-order valence-corrected chi connectivity index (χ4v) is 4.32. The summed E-state index contributed by atoms with van der Waals surface area (Å²) in [5.41, 5.74) is 8.15. The molecule has 3 heterocycles. The standard InChI is InChI=1S/C10H9N.2C7H9N.C7H10.C5H11NO2.C5H7N.C5H10.CH4/c1-8-6-9-4-2-3-5-10(9)11-7-8;1-6-3-4-7(2)8-5-6;1-6-4-3-5-7(2)8-6;1-2-7-5-3-4-6-7;1-4(3-7)6-5(2)8;1-5(6-2)3-4-5;1-4-3-5(4)2;/h2-7H,1H3;3-5,8H,2H2,1H3;3-5,8H,1H2,2H3;3,5-6H,2,4H2,1H3;4,7H,3H2,1-2H3,(H,6,8);3-4H2,1H3;4-5H,3H2,1-2H3;1H4. The van der Waals surface area contributed by atoms with Crippen LogP contribution in [0.1, 0.15) is 100 Å². The van der Waals surface area contributed by atoms with Crippen LogP contribution in [0, 0.1) is 25.3 Å². The maximum Gasteiger partial charge on any atom is 0.230 e. The maximum absolute atomic E-state index is 10.2. The van der Waals surface area contributed by atoms with E-state index in [0.29, 0.717) is 0 Å². The van der Waals surface area contributed by atoms with Crippen molar-refractivity contribution in [3.63, 3.8) is 0 Å². The Bertz CT molecular complexity index is 1690. The average molecular weight is 736 g/mol. The number of rotatable bonds is 3. The highest BCUT2D eigenvalue weighted by Crippen LogP contribution is 2.38. The Morgan fingerprint density at radius 2 is 1.74 bits per heavy atom. The average Bonchev–Trinajstić information content (AvgIpc) is 3.95. The fraction of sp³-hybridized carbons (Fsp3) is 0.426. The summed E-state index contributed by atoms with van der Waals surface area (Å²) in [6, 6.07) is 10.2. The van der Waals surface area contributed by atoms with Gasteiger partial charge in [-0.15, -0.1) is 0 Å². The largest absolute Gasteiger partial charge is 0.394 e. The normalized spacial score (nSPS) is 18.9. The number of allylic oxidation sites excluding steroid dienone is 11. The Morgan fingerprint density at radius 1 is 1.09 bits per heavy atom. The molecule has 4 N–H and O–H groups in total. The lowest BCUT2D eigenvalue weighted by Gasteiger charge is -2.07. The third kappa shape index (κ3) is 24.3. The van der Waals surface area contributed by atoms with Crippen molar-refractivity contribution in [2.24, 2.45) is 11.8 Å². The highest BCUT2D eigenvalue weighted by atomic mass is 16.3. The summed E-state index contributed by atoms with van der Waals surface area (Å²) in [5.74, 6) is 2.00. The van der Waals surface area contributed by atoms with Crippen molar-refractivity contribution < 1.29 is 9.90 Å². The van der Waals surface area contributed by atoms with Gasteiger partial charge in [-0.2, -0.15) is 0 Å². The van der Waals surface area contributed by atoms with Gasteiger partial charge in [0.15, 0.2) is 0 Å². The molecule has 1 amide bonds. The number of hydrogen-bond acceptors (Lipinski definition) is 5. The predicted molar refractivity (Wildman–Crippen MR) is 233 cm³/mol. The van der Waals surface area contributed by atoms with Crippen LogP contribution in [-0.2, 0) is 4.79 Å². The number of fused-ring (bicyclic) bond motifs is 1. The van der Waals surface area contributed by atoms with E-state index in [1.807, 2.05) is 81.7 Å². The number of benzene rings is 1. The van der Waals surface area contributed by atoms with Crippen LogP contribution in [0.2, 0.25) is 0 Å². The van der Waals surface area contributed by atoms with Crippen LogP contribution in [0.25, 0.3) is 15.7 Å². The molecular formula is C47H69N5O2. The summed E-state index contributed by atoms with van der Waals surface area (Å²) in [6.07, 6.45) is 26.4. The minimum Gasteiger partial charge on any atom is -0.394 e. The van der Waals surface area contributed by atoms with E-state index < -0.39 is 0 Å². The molecule has 3 aliphatic carbocycles. The van der Waals surface area contributed by atoms with Gasteiger partial charge in [0.25, 0.3) is 0 Å². The molecule has 3 unspecified atom stereocenters. The number of carbonyl (C=O) groups excluding carboxylic acids is 1. The van der Waals surface area contributed by atoms with E-state index in [0.717, 1.165) is 53.7 Å². The lowest BCUT2D eigenvalue weighted by atomic mass is 10.2. The first-order chi connectivity index (χ1) is 25.1. The number of aryl methyl sites for hydroxylation is 1. The molecule has 2 saturated carbocycles. The molecule has 2 aromatic rings. The predicted octanol–water partition coefficient (Wildman–Crippen LogP) is 11.2. The zero-order chi connectivity index (χ0) is 39.8. The second-order valence-electron chi connectivity index (χ2n) is 14.3. The number of para-hydroxylation sites is 1. The summed E-state index contributed by atoms with van der Waals surface area (Å²) in [4.78, 5) is 17.9. The SMILES string of the molecule is C.C=C1C=CC(C)=CN1.C=C1C=CC=C(C)N1.CC(=O)NC(C)CO.CC1CC1C.CCC1=CCC=C1.Cc1cnc2ccccc2c1.[C-]#[N+]C1(C)CC1. The van der Waals surface area contributed by atoms with E-state index in [2.05, 4.69) is 97.0 Å². The second kappa shape index (κ2) is 26.8. The van der Waals surface area contributed by atoms with E-state index in [9.17, 15) is 4.79 Å². The van der Waals surface area contributed by atoms with E-state index in [1.54, 1.807) is 6.92 Å². The number of aromatic nitrogens is 1. The van der Waals surface area contributed by atoms with E-state index in [-0.39, 0.29) is 31.5 Å². The highest BCUT2D eigenvalue weighted by molar-refractivity contribution is 5.78. The van der Waals surface area contributed by atoms with Crippen molar-refractivity contribution in [1.82, 2.24) is 20.9 Å². The monoisotopic (exact) mass is 736 g/mol. The number of pyridine rings is 1. The lowest BCUT2D eigenvalue weighted by Crippen LogP contribution is -2.32. The topological polar surface area (TPSA) is 90.6 Å². The number of nitrogens with one attached hydrogen (secondary N) is 3. The van der Waals surface area contributed by atoms with Crippen LogP contribution in [0.4, 0.5) is 0 Å². The molecule has 1 aromatic carbocycles. The second-order valence-corrected chi connectivity index (χ2v) is 14.3. The molecule has 3 atom stereocenters. The first-order valence-electron chi connectivity index (χ1n) is 18.7. The Kier molecular flexibility index (Phi) is 24.3. The number of carbonyl (C=O) groups is 1. The van der Waals surface area contributed by atoms with E-state index >= 15 is 0 Å². The lowest BCUT2D eigenvalue weighted by molar-refractivity contribution is -0.119.